The molecule has 0 N–H and O–H groups in total. The molecule has 0 rings (SSSR count). The van der Waals surface area contributed by atoms with Crippen molar-refractivity contribution in [2.24, 2.45) is 0 Å². The van der Waals surface area contributed by atoms with Crippen LogP contribution in [0.5, 0.6) is 0 Å². The van der Waals surface area contributed by atoms with Gasteiger partial charge in [0.1, 0.15) is 0 Å². The lowest BCUT2D eigenvalue weighted by Crippen LogP contribution is -2.18. The Labute approximate surface area is 112 Å². The molecule has 0 radical (unpaired) electrons. The maximum Gasteiger partial charge on any atom is 0.158 e. The molecule has 0 aromatic carbocycles. The van der Waals surface area contributed by atoms with E-state index in [2.05, 4.69) is 6.92 Å². The highest BCUT2D eigenvalue weighted by molar-refractivity contribution is 6.20. The zero-order chi connectivity index (χ0) is 12.9. The normalized spacial score (nSPS) is 13.2. The molecule has 0 heterocycles. The number of alkyl halides is 1. The summed E-state index contributed by atoms with van der Waals surface area (Å²) in [5, 5.41) is 0.176. The summed E-state index contributed by atoms with van der Waals surface area (Å²) in [6.45, 7) is 2.25. The van der Waals surface area contributed by atoms with Crippen molar-refractivity contribution in [3.8, 4) is 0 Å². The summed E-state index contributed by atoms with van der Waals surface area (Å²) in [6.07, 6.45) is 11.0. The molecule has 0 fully saturated rings. The van der Waals surface area contributed by atoms with Gasteiger partial charge >= 0.3 is 0 Å². The first kappa shape index (κ1) is 17.2. The second-order valence-electron chi connectivity index (χ2n) is 4.64. The Morgan fingerprint density at radius 1 is 0.882 bits per heavy atom. The van der Waals surface area contributed by atoms with Crippen LogP contribution in [0.3, 0.4) is 0 Å². The van der Waals surface area contributed by atoms with Crippen LogP contribution in [-0.4, -0.2) is 25.9 Å². The summed E-state index contributed by atoms with van der Waals surface area (Å²) in [5.74, 6) is 0. The van der Waals surface area contributed by atoms with Crippen LogP contribution in [-0.2, 0) is 9.47 Å². The predicted molar refractivity (Wildman–Crippen MR) is 74.7 cm³/mol. The fourth-order valence-corrected chi connectivity index (χ4v) is 2.24. The molecule has 0 bridgehead atoms. The van der Waals surface area contributed by atoms with E-state index < -0.39 is 0 Å². The zero-order valence-corrected chi connectivity index (χ0v) is 12.5. The average Bonchev–Trinajstić information content (AvgIpc) is 2.34. The molecule has 3 heteroatoms. The Morgan fingerprint density at radius 3 is 1.94 bits per heavy atom. The molecule has 2 nitrogen and oxygen atoms in total. The summed E-state index contributed by atoms with van der Waals surface area (Å²) >= 11 is 6.24. The molecule has 1 unspecified atom stereocenters. The third-order valence-corrected chi connectivity index (χ3v) is 3.49. The van der Waals surface area contributed by atoms with E-state index in [-0.39, 0.29) is 11.7 Å². The van der Waals surface area contributed by atoms with Crippen LogP contribution in [0.2, 0.25) is 0 Å². The van der Waals surface area contributed by atoms with Gasteiger partial charge in [0.05, 0.1) is 0 Å². The summed E-state index contributed by atoms with van der Waals surface area (Å²) in [4.78, 5) is 0. The maximum atomic E-state index is 6.24. The Morgan fingerprint density at radius 2 is 1.41 bits per heavy atom. The van der Waals surface area contributed by atoms with E-state index in [1.54, 1.807) is 14.2 Å². The first-order valence-electron chi connectivity index (χ1n) is 6.94. The van der Waals surface area contributed by atoms with Gasteiger partial charge in [0.15, 0.2) is 6.29 Å². The van der Waals surface area contributed by atoms with Gasteiger partial charge in [-0.2, -0.15) is 0 Å². The van der Waals surface area contributed by atoms with Gasteiger partial charge in [0.25, 0.3) is 0 Å². The summed E-state index contributed by atoms with van der Waals surface area (Å²) in [7, 11) is 3.32. The summed E-state index contributed by atoms with van der Waals surface area (Å²) in [6, 6.07) is 0. The van der Waals surface area contributed by atoms with Gasteiger partial charge in [0, 0.05) is 26.0 Å². The molecule has 0 aliphatic rings. The summed E-state index contributed by atoms with van der Waals surface area (Å²) < 4.78 is 10.3. The molecule has 0 saturated carbocycles. The van der Waals surface area contributed by atoms with Crippen LogP contribution < -0.4 is 0 Å². The molecular formula is C14H29ClO2. The van der Waals surface area contributed by atoms with Crippen LogP contribution in [0.1, 0.15) is 64.7 Å². The average molecular weight is 265 g/mol. The fraction of sp³-hybridized carbons (Fsp3) is 1.00. The second-order valence-corrected chi connectivity index (χ2v) is 5.26. The Hall–Kier alpha value is 0.210. The van der Waals surface area contributed by atoms with Crippen LogP contribution in [0.25, 0.3) is 0 Å². The highest BCUT2D eigenvalue weighted by Gasteiger charge is 2.12. The van der Waals surface area contributed by atoms with E-state index >= 15 is 0 Å². The van der Waals surface area contributed by atoms with Gasteiger partial charge in [-0.1, -0.05) is 51.9 Å². The molecule has 0 aromatic rings. The van der Waals surface area contributed by atoms with Crippen molar-refractivity contribution < 1.29 is 9.47 Å². The van der Waals surface area contributed by atoms with Gasteiger partial charge in [-0.25, -0.2) is 0 Å². The fourth-order valence-electron chi connectivity index (χ4n) is 1.94. The molecule has 104 valence electrons. The maximum absolute atomic E-state index is 6.24. The lowest BCUT2D eigenvalue weighted by Gasteiger charge is -2.16. The minimum atomic E-state index is -0.151. The van der Waals surface area contributed by atoms with E-state index in [0.717, 1.165) is 12.8 Å². The third kappa shape index (κ3) is 11.1. The smallest absolute Gasteiger partial charge is 0.158 e. The van der Waals surface area contributed by atoms with E-state index in [4.69, 9.17) is 21.1 Å². The standard InChI is InChI=1S/C14H29ClO2/c1-4-5-6-7-8-9-10-11-13(15)12-14(16-2)17-3/h13-14H,4-12H2,1-3H3. The highest BCUT2D eigenvalue weighted by atomic mass is 35.5. The third-order valence-electron chi connectivity index (χ3n) is 3.09. The van der Waals surface area contributed by atoms with Gasteiger partial charge in [0.2, 0.25) is 0 Å². The lowest BCUT2D eigenvalue weighted by molar-refractivity contribution is -0.106. The molecule has 17 heavy (non-hydrogen) atoms. The van der Waals surface area contributed by atoms with E-state index in [0.29, 0.717) is 0 Å². The Bertz CT molecular complexity index is 149. The van der Waals surface area contributed by atoms with Crippen molar-refractivity contribution in [2.75, 3.05) is 14.2 Å². The van der Waals surface area contributed by atoms with Gasteiger partial charge in [-0.05, 0) is 6.42 Å². The minimum Gasteiger partial charge on any atom is -0.356 e. The van der Waals surface area contributed by atoms with Crippen molar-refractivity contribution in [1.82, 2.24) is 0 Å². The molecule has 0 spiro atoms. The van der Waals surface area contributed by atoms with Crippen LogP contribution in [0.4, 0.5) is 0 Å². The monoisotopic (exact) mass is 264 g/mol. The zero-order valence-electron chi connectivity index (χ0n) is 11.7. The molecule has 0 aliphatic carbocycles. The number of halogens is 1. The molecule has 1 atom stereocenters. The van der Waals surface area contributed by atoms with Crippen LogP contribution in [0.15, 0.2) is 0 Å². The van der Waals surface area contributed by atoms with Gasteiger partial charge in [-0.15, -0.1) is 11.6 Å². The predicted octanol–water partition coefficient (Wildman–Crippen LogP) is 4.74. The number of methoxy groups -OCH3 is 2. The van der Waals surface area contributed by atoms with Crippen molar-refractivity contribution >= 4 is 11.6 Å². The van der Waals surface area contributed by atoms with Crippen molar-refractivity contribution in [3.05, 3.63) is 0 Å². The minimum absolute atomic E-state index is 0.151. The van der Waals surface area contributed by atoms with E-state index in [9.17, 15) is 0 Å². The van der Waals surface area contributed by atoms with Gasteiger partial charge < -0.3 is 9.47 Å². The van der Waals surface area contributed by atoms with Crippen molar-refractivity contribution in [3.63, 3.8) is 0 Å². The van der Waals surface area contributed by atoms with E-state index in [1.807, 2.05) is 0 Å². The lowest BCUT2D eigenvalue weighted by atomic mass is 10.1. The number of unbranched alkanes of at least 4 members (excludes halogenated alkanes) is 6. The Kier molecular flexibility index (Phi) is 12.8. The number of hydrogen-bond donors (Lipinski definition) is 0. The largest absolute Gasteiger partial charge is 0.356 e. The topological polar surface area (TPSA) is 18.5 Å². The first-order valence-corrected chi connectivity index (χ1v) is 7.37. The Balaban J connectivity index is 3.29. The second kappa shape index (κ2) is 12.7. The van der Waals surface area contributed by atoms with E-state index in [1.165, 1.54) is 44.9 Å². The van der Waals surface area contributed by atoms with Crippen molar-refractivity contribution in [1.29, 1.82) is 0 Å². The van der Waals surface area contributed by atoms with Crippen molar-refractivity contribution in [2.45, 2.75) is 76.4 Å². The first-order chi connectivity index (χ1) is 8.24. The quantitative estimate of drug-likeness (QED) is 0.288. The number of ether oxygens (including phenoxy) is 2. The van der Waals surface area contributed by atoms with Crippen LogP contribution in [0, 0.1) is 0 Å². The number of rotatable bonds is 12. The molecule has 0 aromatic heterocycles. The highest BCUT2D eigenvalue weighted by Crippen LogP contribution is 2.17. The van der Waals surface area contributed by atoms with Crippen LogP contribution >= 0.6 is 11.6 Å². The molecule has 0 amide bonds. The number of hydrogen-bond acceptors (Lipinski definition) is 2. The molecule has 0 saturated heterocycles. The SMILES string of the molecule is CCCCCCCCCC(Cl)CC(OC)OC. The molecular weight excluding hydrogens is 236 g/mol. The molecule has 0 aliphatic heterocycles. The van der Waals surface area contributed by atoms with Gasteiger partial charge in [-0.3, -0.25) is 0 Å². The summed E-state index contributed by atoms with van der Waals surface area (Å²) in [5.41, 5.74) is 0.